The zero-order chi connectivity index (χ0) is 22.1. The number of hydrogen-bond acceptors (Lipinski definition) is 3. The van der Waals surface area contributed by atoms with Crippen LogP contribution in [0.15, 0.2) is 30.3 Å². The third-order valence-corrected chi connectivity index (χ3v) is 5.51. The summed E-state index contributed by atoms with van der Waals surface area (Å²) >= 11 is 0. The predicted molar refractivity (Wildman–Crippen MR) is 119 cm³/mol. The smallest absolute Gasteiger partial charge is 0.245 e. The Labute approximate surface area is 181 Å². The van der Waals surface area contributed by atoms with E-state index in [-0.39, 0.29) is 29.7 Å². The molecule has 0 spiro atoms. The topological polar surface area (TPSA) is 69.7 Å². The van der Waals surface area contributed by atoms with Gasteiger partial charge >= 0.3 is 0 Å². The number of piperazine rings is 1. The molecule has 30 heavy (non-hydrogen) atoms. The molecule has 6 nitrogen and oxygen atoms in total. The number of unbranched alkanes of at least 4 members (excludes halogenated alkanes) is 1. The monoisotopic (exact) mass is 415 g/mol. The molecular formula is C24H37N3O3. The summed E-state index contributed by atoms with van der Waals surface area (Å²) in [7, 11) is 0. The molecule has 3 amide bonds. The van der Waals surface area contributed by atoms with Crippen molar-refractivity contribution in [1.82, 2.24) is 15.1 Å². The van der Waals surface area contributed by atoms with E-state index in [1.807, 2.05) is 56.0 Å². The molecule has 1 aliphatic rings. The second kappa shape index (κ2) is 11.7. The summed E-state index contributed by atoms with van der Waals surface area (Å²) in [5.74, 6) is 0.238. The van der Waals surface area contributed by atoms with Gasteiger partial charge in [0.1, 0.15) is 6.04 Å². The summed E-state index contributed by atoms with van der Waals surface area (Å²) < 4.78 is 0. The molecule has 1 aromatic carbocycles. The van der Waals surface area contributed by atoms with Gasteiger partial charge in [0, 0.05) is 44.9 Å². The SMILES string of the molecule is CCCCC(=O)N1CCN(C(=O)C(Cc2ccccc2)NC(=O)CC(C)C)CC1C. The molecule has 1 saturated heterocycles. The molecular weight excluding hydrogens is 378 g/mol. The van der Waals surface area contributed by atoms with Crippen LogP contribution in [-0.2, 0) is 20.8 Å². The number of nitrogens with one attached hydrogen (secondary N) is 1. The van der Waals surface area contributed by atoms with Gasteiger partial charge in [0.2, 0.25) is 17.7 Å². The normalized spacial score (nSPS) is 17.7. The van der Waals surface area contributed by atoms with Crippen LogP contribution in [0.1, 0.15) is 58.9 Å². The first-order valence-corrected chi connectivity index (χ1v) is 11.2. The minimum Gasteiger partial charge on any atom is -0.344 e. The minimum absolute atomic E-state index is 0.0178. The number of rotatable bonds is 9. The number of hydrogen-bond donors (Lipinski definition) is 1. The number of benzene rings is 1. The third-order valence-electron chi connectivity index (χ3n) is 5.51. The molecule has 1 aromatic rings. The number of carbonyl (C=O) groups excluding carboxylic acids is 3. The zero-order valence-corrected chi connectivity index (χ0v) is 18.9. The summed E-state index contributed by atoms with van der Waals surface area (Å²) in [6, 6.07) is 9.16. The van der Waals surface area contributed by atoms with Gasteiger partial charge in [0.15, 0.2) is 0 Å². The molecule has 2 rings (SSSR count). The maximum atomic E-state index is 13.3. The van der Waals surface area contributed by atoms with Gasteiger partial charge in [-0.1, -0.05) is 57.5 Å². The van der Waals surface area contributed by atoms with Gasteiger partial charge in [-0.15, -0.1) is 0 Å². The van der Waals surface area contributed by atoms with Crippen LogP contribution in [0.4, 0.5) is 0 Å². The van der Waals surface area contributed by atoms with E-state index in [1.54, 1.807) is 4.90 Å². The Balaban J connectivity index is 2.05. The Bertz CT molecular complexity index is 705. The van der Waals surface area contributed by atoms with Crippen LogP contribution < -0.4 is 5.32 Å². The van der Waals surface area contributed by atoms with Gasteiger partial charge in [-0.3, -0.25) is 14.4 Å². The summed E-state index contributed by atoms with van der Waals surface area (Å²) in [6.45, 7) is 9.61. The van der Waals surface area contributed by atoms with Crippen LogP contribution >= 0.6 is 0 Å². The molecule has 0 bridgehead atoms. The highest BCUT2D eigenvalue weighted by Crippen LogP contribution is 2.15. The van der Waals surface area contributed by atoms with E-state index in [2.05, 4.69) is 12.2 Å². The molecule has 1 fully saturated rings. The number of nitrogens with zero attached hydrogens (tertiary/aromatic N) is 2. The van der Waals surface area contributed by atoms with Crippen molar-refractivity contribution < 1.29 is 14.4 Å². The van der Waals surface area contributed by atoms with Gasteiger partial charge in [0.25, 0.3) is 0 Å². The molecule has 0 aliphatic carbocycles. The van der Waals surface area contributed by atoms with Crippen molar-refractivity contribution in [2.24, 2.45) is 5.92 Å². The van der Waals surface area contributed by atoms with E-state index in [9.17, 15) is 14.4 Å². The summed E-state index contributed by atoms with van der Waals surface area (Å²) in [5.41, 5.74) is 1.02. The fourth-order valence-electron chi connectivity index (χ4n) is 3.89. The molecule has 1 N–H and O–H groups in total. The second-order valence-corrected chi connectivity index (χ2v) is 8.73. The molecule has 2 unspecified atom stereocenters. The Hall–Kier alpha value is -2.37. The van der Waals surface area contributed by atoms with E-state index in [4.69, 9.17) is 0 Å². The lowest BCUT2D eigenvalue weighted by Crippen LogP contribution is -2.59. The highest BCUT2D eigenvalue weighted by atomic mass is 16.2. The van der Waals surface area contributed by atoms with Crippen LogP contribution in [0.3, 0.4) is 0 Å². The average Bonchev–Trinajstić information content (AvgIpc) is 2.71. The van der Waals surface area contributed by atoms with Gasteiger partial charge < -0.3 is 15.1 Å². The third kappa shape index (κ3) is 7.15. The van der Waals surface area contributed by atoms with Gasteiger partial charge in [-0.05, 0) is 24.8 Å². The van der Waals surface area contributed by atoms with E-state index < -0.39 is 6.04 Å². The first-order chi connectivity index (χ1) is 14.3. The van der Waals surface area contributed by atoms with Crippen LogP contribution in [-0.4, -0.2) is 59.2 Å². The highest BCUT2D eigenvalue weighted by Gasteiger charge is 2.33. The van der Waals surface area contributed by atoms with Crippen molar-refractivity contribution in [1.29, 1.82) is 0 Å². The standard InChI is InChI=1S/C24H37N3O3/c1-5-6-12-23(29)27-14-13-26(17-19(27)4)24(30)21(25-22(28)15-18(2)3)16-20-10-8-7-9-11-20/h7-11,18-19,21H,5-6,12-17H2,1-4H3,(H,25,28). The second-order valence-electron chi connectivity index (χ2n) is 8.73. The van der Waals surface area contributed by atoms with Crippen LogP contribution in [0, 0.1) is 5.92 Å². The molecule has 0 radical (unpaired) electrons. The largest absolute Gasteiger partial charge is 0.344 e. The molecule has 1 aliphatic heterocycles. The van der Waals surface area contributed by atoms with Gasteiger partial charge in [-0.25, -0.2) is 0 Å². The molecule has 6 heteroatoms. The first-order valence-electron chi connectivity index (χ1n) is 11.2. The van der Waals surface area contributed by atoms with Crippen molar-refractivity contribution in [3.63, 3.8) is 0 Å². The molecule has 1 heterocycles. The summed E-state index contributed by atoms with van der Waals surface area (Å²) in [4.78, 5) is 41.9. The van der Waals surface area contributed by atoms with Crippen molar-refractivity contribution >= 4 is 17.7 Å². The highest BCUT2D eigenvalue weighted by molar-refractivity contribution is 5.88. The predicted octanol–water partition coefficient (Wildman–Crippen LogP) is 3.01. The lowest BCUT2D eigenvalue weighted by atomic mass is 10.0. The van der Waals surface area contributed by atoms with Gasteiger partial charge in [0.05, 0.1) is 0 Å². The lowest BCUT2D eigenvalue weighted by molar-refractivity contribution is -0.144. The Kier molecular flexibility index (Phi) is 9.34. The van der Waals surface area contributed by atoms with E-state index in [1.165, 1.54) is 0 Å². The van der Waals surface area contributed by atoms with Crippen LogP contribution in [0.2, 0.25) is 0 Å². The maximum absolute atomic E-state index is 13.3. The molecule has 166 valence electrons. The molecule has 2 atom stereocenters. The first kappa shape index (κ1) is 23.9. The quantitative estimate of drug-likeness (QED) is 0.674. The summed E-state index contributed by atoms with van der Waals surface area (Å²) in [5, 5.41) is 2.96. The Morgan fingerprint density at radius 3 is 2.43 bits per heavy atom. The van der Waals surface area contributed by atoms with Crippen molar-refractivity contribution in [3.05, 3.63) is 35.9 Å². The van der Waals surface area contributed by atoms with Crippen LogP contribution in [0.5, 0.6) is 0 Å². The van der Waals surface area contributed by atoms with E-state index in [0.717, 1.165) is 18.4 Å². The number of amides is 3. The minimum atomic E-state index is -0.590. The summed E-state index contributed by atoms with van der Waals surface area (Å²) in [6.07, 6.45) is 3.32. The number of carbonyl (C=O) groups is 3. The Morgan fingerprint density at radius 2 is 1.83 bits per heavy atom. The van der Waals surface area contributed by atoms with E-state index >= 15 is 0 Å². The Morgan fingerprint density at radius 1 is 1.13 bits per heavy atom. The average molecular weight is 416 g/mol. The van der Waals surface area contributed by atoms with Crippen molar-refractivity contribution in [3.8, 4) is 0 Å². The van der Waals surface area contributed by atoms with Gasteiger partial charge in [-0.2, -0.15) is 0 Å². The maximum Gasteiger partial charge on any atom is 0.245 e. The molecule has 0 saturated carbocycles. The van der Waals surface area contributed by atoms with E-state index in [0.29, 0.717) is 38.9 Å². The van der Waals surface area contributed by atoms with Crippen molar-refractivity contribution in [2.75, 3.05) is 19.6 Å². The fraction of sp³-hybridized carbons (Fsp3) is 0.625. The fourth-order valence-corrected chi connectivity index (χ4v) is 3.89. The van der Waals surface area contributed by atoms with Crippen LogP contribution in [0.25, 0.3) is 0 Å². The van der Waals surface area contributed by atoms with Crippen molar-refractivity contribution in [2.45, 2.75) is 71.9 Å². The zero-order valence-electron chi connectivity index (χ0n) is 18.9. The lowest BCUT2D eigenvalue weighted by Gasteiger charge is -2.41. The molecule has 0 aromatic heterocycles.